The van der Waals surface area contributed by atoms with Crippen LogP contribution in [0, 0.1) is 11.3 Å². The van der Waals surface area contributed by atoms with Crippen molar-refractivity contribution in [1.82, 2.24) is 9.55 Å². The zero-order chi connectivity index (χ0) is 19.2. The van der Waals surface area contributed by atoms with Gasteiger partial charge in [0, 0.05) is 28.0 Å². The van der Waals surface area contributed by atoms with Gasteiger partial charge in [0.25, 0.3) is 0 Å². The first-order valence-electron chi connectivity index (χ1n) is 7.84. The number of ether oxygens (including phenoxy) is 1. The molecule has 0 amide bonds. The van der Waals surface area contributed by atoms with Crippen LogP contribution in [-0.4, -0.2) is 22.9 Å². The highest BCUT2D eigenvalue weighted by atomic mass is 35.5. The van der Waals surface area contributed by atoms with Gasteiger partial charge in [-0.3, -0.25) is 4.57 Å². The summed E-state index contributed by atoms with van der Waals surface area (Å²) in [6, 6.07) is 12.6. The molecule has 2 heterocycles. The Morgan fingerprint density at radius 1 is 1.22 bits per heavy atom. The molecule has 0 atom stereocenters. The third-order valence-corrected chi connectivity index (χ3v) is 4.47. The lowest BCUT2D eigenvalue weighted by molar-refractivity contribution is 0.132. The molecule has 6 nitrogen and oxygen atoms in total. The third-order valence-electron chi connectivity index (χ3n) is 3.76. The second-order valence-corrected chi connectivity index (χ2v) is 6.15. The number of nitrogens with zero attached hydrogens (tertiary/aromatic N) is 4. The first-order chi connectivity index (χ1) is 13.2. The Morgan fingerprint density at radius 2 is 2.00 bits per heavy atom. The molecule has 0 bridgehead atoms. The van der Waals surface area contributed by atoms with Crippen molar-refractivity contribution in [1.29, 1.82) is 5.26 Å². The van der Waals surface area contributed by atoms with Crippen LogP contribution in [0.4, 0.5) is 0 Å². The molecule has 3 aromatic rings. The van der Waals surface area contributed by atoms with Crippen molar-refractivity contribution in [2.75, 3.05) is 7.11 Å². The molecule has 0 saturated heterocycles. The summed E-state index contributed by atoms with van der Waals surface area (Å²) >= 11 is 12.2. The third kappa shape index (κ3) is 4.05. The van der Waals surface area contributed by atoms with Crippen molar-refractivity contribution in [2.24, 2.45) is 5.16 Å². The molecule has 0 fully saturated rings. The van der Waals surface area contributed by atoms with Gasteiger partial charge in [0.15, 0.2) is 5.82 Å². The Balaban J connectivity index is 1.81. The summed E-state index contributed by atoms with van der Waals surface area (Å²) in [5.74, 6) is 0.890. The van der Waals surface area contributed by atoms with E-state index in [2.05, 4.69) is 16.2 Å². The molecule has 2 aromatic heterocycles. The molecule has 0 aliphatic carbocycles. The molecule has 0 spiro atoms. The van der Waals surface area contributed by atoms with Gasteiger partial charge in [-0.05, 0) is 30.3 Å². The lowest BCUT2D eigenvalue weighted by atomic mass is 10.2. The molecule has 0 unspecified atom stereocenters. The molecule has 0 aliphatic heterocycles. The summed E-state index contributed by atoms with van der Waals surface area (Å²) in [5.41, 5.74) is 1.67. The smallest absolute Gasteiger partial charge is 0.158 e. The second kappa shape index (κ2) is 8.58. The minimum absolute atomic E-state index is 0.135. The maximum atomic E-state index is 9.45. The van der Waals surface area contributed by atoms with Crippen LogP contribution in [0.3, 0.4) is 0 Å². The Labute approximate surface area is 166 Å². The zero-order valence-corrected chi connectivity index (χ0v) is 15.8. The number of hydrogen-bond donors (Lipinski definition) is 0. The molecule has 27 heavy (non-hydrogen) atoms. The maximum Gasteiger partial charge on any atom is 0.158 e. The van der Waals surface area contributed by atoms with E-state index in [1.54, 1.807) is 41.2 Å². The fourth-order valence-corrected chi connectivity index (χ4v) is 2.95. The summed E-state index contributed by atoms with van der Waals surface area (Å²) in [5, 5.41) is 14.4. The van der Waals surface area contributed by atoms with Gasteiger partial charge in [0.05, 0.1) is 19.0 Å². The van der Waals surface area contributed by atoms with Crippen molar-refractivity contribution >= 4 is 29.4 Å². The number of benzene rings is 1. The minimum Gasteiger partial charge on any atom is -0.495 e. The number of hydrogen-bond acceptors (Lipinski definition) is 5. The molecule has 0 aliphatic rings. The van der Waals surface area contributed by atoms with Crippen LogP contribution >= 0.6 is 23.2 Å². The number of nitriles is 1. The molecule has 3 rings (SSSR count). The Kier molecular flexibility index (Phi) is 5.97. The van der Waals surface area contributed by atoms with Crippen molar-refractivity contribution in [3.05, 3.63) is 75.7 Å². The van der Waals surface area contributed by atoms with Crippen LogP contribution in [0.15, 0.2) is 53.9 Å². The number of oxime groups is 1. The van der Waals surface area contributed by atoms with Gasteiger partial charge in [0.2, 0.25) is 0 Å². The van der Waals surface area contributed by atoms with Gasteiger partial charge >= 0.3 is 0 Å². The van der Waals surface area contributed by atoms with Crippen LogP contribution in [0.1, 0.15) is 16.8 Å². The van der Waals surface area contributed by atoms with E-state index in [0.717, 1.165) is 0 Å². The van der Waals surface area contributed by atoms with Crippen molar-refractivity contribution in [2.45, 2.75) is 6.61 Å². The highest BCUT2D eigenvalue weighted by molar-refractivity contribution is 6.35. The number of methoxy groups -OCH3 is 1. The van der Waals surface area contributed by atoms with Crippen molar-refractivity contribution in [3.8, 4) is 17.6 Å². The average molecular weight is 401 g/mol. The van der Waals surface area contributed by atoms with Gasteiger partial charge < -0.3 is 9.57 Å². The lowest BCUT2D eigenvalue weighted by Gasteiger charge is -2.10. The van der Waals surface area contributed by atoms with Gasteiger partial charge in [-0.25, -0.2) is 4.98 Å². The predicted octanol–water partition coefficient (Wildman–Crippen LogP) is 4.61. The molecule has 0 saturated carbocycles. The van der Waals surface area contributed by atoms with E-state index in [1.807, 2.05) is 12.1 Å². The molecule has 136 valence electrons. The number of rotatable bonds is 6. The zero-order valence-electron chi connectivity index (χ0n) is 14.3. The Morgan fingerprint density at radius 3 is 2.70 bits per heavy atom. The fourth-order valence-electron chi connectivity index (χ4n) is 2.45. The van der Waals surface area contributed by atoms with Crippen molar-refractivity contribution < 1.29 is 9.57 Å². The van der Waals surface area contributed by atoms with Gasteiger partial charge in [-0.15, -0.1) is 0 Å². The van der Waals surface area contributed by atoms with Crippen LogP contribution < -0.4 is 4.74 Å². The molecular weight excluding hydrogens is 387 g/mol. The number of pyridine rings is 1. The van der Waals surface area contributed by atoms with Crippen LogP contribution in [0.2, 0.25) is 10.0 Å². The quantitative estimate of drug-likeness (QED) is 0.447. The van der Waals surface area contributed by atoms with Gasteiger partial charge in [-0.1, -0.05) is 34.4 Å². The summed E-state index contributed by atoms with van der Waals surface area (Å²) in [6.07, 6.45) is 4.87. The topological polar surface area (TPSA) is 72.4 Å². The van der Waals surface area contributed by atoms with Gasteiger partial charge in [-0.2, -0.15) is 5.26 Å². The first-order valence-corrected chi connectivity index (χ1v) is 8.60. The van der Waals surface area contributed by atoms with E-state index in [9.17, 15) is 5.26 Å². The molecule has 8 heteroatoms. The summed E-state index contributed by atoms with van der Waals surface area (Å²) in [4.78, 5) is 9.61. The summed E-state index contributed by atoms with van der Waals surface area (Å²) in [6.45, 7) is 0.135. The Hall–Kier alpha value is -3.01. The molecule has 0 N–H and O–H groups in total. The normalized spacial score (nSPS) is 10.7. The number of aromatic nitrogens is 2. The highest BCUT2D eigenvalue weighted by Gasteiger charge is 2.13. The lowest BCUT2D eigenvalue weighted by Crippen LogP contribution is -2.05. The summed E-state index contributed by atoms with van der Waals surface area (Å²) in [7, 11) is 1.51. The maximum absolute atomic E-state index is 9.45. The van der Waals surface area contributed by atoms with Crippen molar-refractivity contribution in [3.63, 3.8) is 0 Å². The largest absolute Gasteiger partial charge is 0.495 e. The van der Waals surface area contributed by atoms with Crippen LogP contribution in [0.5, 0.6) is 5.75 Å². The monoisotopic (exact) mass is 400 g/mol. The van der Waals surface area contributed by atoms with E-state index in [4.69, 9.17) is 32.8 Å². The van der Waals surface area contributed by atoms with Crippen LogP contribution in [-0.2, 0) is 11.4 Å². The minimum atomic E-state index is 0.135. The predicted molar refractivity (Wildman–Crippen MR) is 104 cm³/mol. The first kappa shape index (κ1) is 18.8. The number of halogens is 2. The highest BCUT2D eigenvalue weighted by Crippen LogP contribution is 2.25. The standard InChI is InChI=1S/C19H14Cl2N4O2/c1-26-18-7-8-23-19(14(18)10-22)25-9-3-4-13(25)11-24-27-12-15-16(20)5-2-6-17(15)21/h2-9,11H,12H2,1H3. The molecule has 0 radical (unpaired) electrons. The molecular formula is C19H14Cl2N4O2. The van der Waals surface area contributed by atoms with Gasteiger partial charge in [0.1, 0.15) is 24.0 Å². The Bertz CT molecular complexity index is 1000. The van der Waals surface area contributed by atoms with E-state index in [-0.39, 0.29) is 6.61 Å². The van der Waals surface area contributed by atoms with E-state index in [0.29, 0.717) is 38.4 Å². The van der Waals surface area contributed by atoms with E-state index < -0.39 is 0 Å². The molecule has 1 aromatic carbocycles. The van der Waals surface area contributed by atoms with E-state index >= 15 is 0 Å². The van der Waals surface area contributed by atoms with Crippen LogP contribution in [0.25, 0.3) is 5.82 Å². The second-order valence-electron chi connectivity index (χ2n) is 5.33. The fraction of sp³-hybridized carbons (Fsp3) is 0.105. The van der Waals surface area contributed by atoms with E-state index in [1.165, 1.54) is 13.3 Å². The average Bonchev–Trinajstić information content (AvgIpc) is 3.14. The SMILES string of the molecule is COc1ccnc(-n2cccc2C=NOCc2c(Cl)cccc2Cl)c1C#N. The summed E-state index contributed by atoms with van der Waals surface area (Å²) < 4.78 is 6.94.